The molecule has 0 saturated heterocycles. The fourth-order valence-corrected chi connectivity index (χ4v) is 2.34. The third-order valence-corrected chi connectivity index (χ3v) is 3.69. The molecule has 0 heterocycles. The van der Waals surface area contributed by atoms with Gasteiger partial charge in [-0.25, -0.2) is 0 Å². The molecule has 1 amide bonds. The second-order valence-electron chi connectivity index (χ2n) is 5.73. The number of benzene rings is 2. The minimum atomic E-state index is -0.0400. The molecule has 2 aromatic rings. The summed E-state index contributed by atoms with van der Waals surface area (Å²) in [5.41, 5.74) is 2.89. The molecule has 0 atom stereocenters. The molecule has 0 bridgehead atoms. The van der Waals surface area contributed by atoms with E-state index < -0.39 is 0 Å². The first-order chi connectivity index (χ1) is 11.6. The van der Waals surface area contributed by atoms with Crippen molar-refractivity contribution in [2.45, 2.75) is 26.8 Å². The second kappa shape index (κ2) is 8.73. The lowest BCUT2D eigenvalue weighted by Gasteiger charge is -2.22. The maximum atomic E-state index is 12.4. The smallest absolute Gasteiger partial charge is 0.260 e. The SMILES string of the molecule is CCCN(Cc1ccc(C)cc1)C(=O)COc1ccc(C#N)cc1. The van der Waals surface area contributed by atoms with E-state index in [2.05, 4.69) is 25.1 Å². The first kappa shape index (κ1) is 17.6. The van der Waals surface area contributed by atoms with Crippen LogP contribution in [0.4, 0.5) is 0 Å². The highest BCUT2D eigenvalue weighted by atomic mass is 16.5. The van der Waals surface area contributed by atoms with Crippen molar-refractivity contribution < 1.29 is 9.53 Å². The van der Waals surface area contributed by atoms with Crippen LogP contribution in [0.5, 0.6) is 5.75 Å². The van der Waals surface area contributed by atoms with Crippen LogP contribution in [0.25, 0.3) is 0 Å². The summed E-state index contributed by atoms with van der Waals surface area (Å²) in [4.78, 5) is 14.3. The fraction of sp³-hybridized carbons (Fsp3) is 0.300. The summed E-state index contributed by atoms with van der Waals surface area (Å²) in [6, 6.07) is 17.0. The van der Waals surface area contributed by atoms with Gasteiger partial charge in [0, 0.05) is 13.1 Å². The molecule has 0 aromatic heterocycles. The Kier molecular flexibility index (Phi) is 6.39. The molecule has 0 aliphatic heterocycles. The molecule has 4 heteroatoms. The predicted octanol–water partition coefficient (Wildman–Crippen LogP) is 3.68. The molecule has 2 aromatic carbocycles. The predicted molar refractivity (Wildman–Crippen MR) is 93.5 cm³/mol. The number of carbonyl (C=O) groups excluding carboxylic acids is 1. The van der Waals surface area contributed by atoms with E-state index in [0.29, 0.717) is 24.4 Å². The van der Waals surface area contributed by atoms with E-state index in [1.54, 1.807) is 24.3 Å². The van der Waals surface area contributed by atoms with E-state index in [9.17, 15) is 4.79 Å². The number of ether oxygens (including phenoxy) is 1. The van der Waals surface area contributed by atoms with Gasteiger partial charge in [-0.1, -0.05) is 36.8 Å². The van der Waals surface area contributed by atoms with E-state index in [1.165, 1.54) is 5.56 Å². The Morgan fingerprint density at radius 3 is 2.38 bits per heavy atom. The van der Waals surface area contributed by atoms with E-state index in [4.69, 9.17) is 10.00 Å². The highest BCUT2D eigenvalue weighted by molar-refractivity contribution is 5.77. The van der Waals surface area contributed by atoms with Crippen molar-refractivity contribution in [2.75, 3.05) is 13.2 Å². The Hall–Kier alpha value is -2.80. The van der Waals surface area contributed by atoms with Gasteiger partial charge in [0.15, 0.2) is 6.61 Å². The normalized spacial score (nSPS) is 10.0. The Balaban J connectivity index is 1.95. The van der Waals surface area contributed by atoms with Gasteiger partial charge in [-0.2, -0.15) is 5.26 Å². The molecule has 4 nitrogen and oxygen atoms in total. The number of aryl methyl sites for hydroxylation is 1. The number of nitriles is 1. The average Bonchev–Trinajstić information content (AvgIpc) is 2.61. The van der Waals surface area contributed by atoms with Crippen molar-refractivity contribution in [3.05, 3.63) is 65.2 Å². The Bertz CT molecular complexity index is 700. The fourth-order valence-electron chi connectivity index (χ4n) is 2.34. The molecule has 0 aliphatic rings. The lowest BCUT2D eigenvalue weighted by atomic mass is 10.1. The van der Waals surface area contributed by atoms with Gasteiger partial charge < -0.3 is 9.64 Å². The Morgan fingerprint density at radius 2 is 1.79 bits per heavy atom. The highest BCUT2D eigenvalue weighted by Gasteiger charge is 2.14. The summed E-state index contributed by atoms with van der Waals surface area (Å²) < 4.78 is 5.55. The molecule has 0 unspecified atom stereocenters. The number of amides is 1. The van der Waals surface area contributed by atoms with Crippen LogP contribution in [0.15, 0.2) is 48.5 Å². The summed E-state index contributed by atoms with van der Waals surface area (Å²) in [6.45, 7) is 5.38. The first-order valence-corrected chi connectivity index (χ1v) is 8.08. The number of carbonyl (C=O) groups is 1. The van der Waals surface area contributed by atoms with Gasteiger partial charge in [-0.05, 0) is 43.2 Å². The van der Waals surface area contributed by atoms with Crippen molar-refractivity contribution >= 4 is 5.91 Å². The van der Waals surface area contributed by atoms with Crippen LogP contribution in [-0.4, -0.2) is 24.0 Å². The van der Waals surface area contributed by atoms with Crippen LogP contribution in [-0.2, 0) is 11.3 Å². The lowest BCUT2D eigenvalue weighted by molar-refractivity contribution is -0.134. The maximum absolute atomic E-state index is 12.4. The van der Waals surface area contributed by atoms with Crippen LogP contribution in [0.3, 0.4) is 0 Å². The zero-order valence-corrected chi connectivity index (χ0v) is 14.2. The number of rotatable bonds is 7. The van der Waals surface area contributed by atoms with Gasteiger partial charge in [0.25, 0.3) is 5.91 Å². The van der Waals surface area contributed by atoms with Crippen molar-refractivity contribution in [1.82, 2.24) is 4.90 Å². The van der Waals surface area contributed by atoms with E-state index >= 15 is 0 Å². The number of hydrogen-bond acceptors (Lipinski definition) is 3. The number of nitrogens with zero attached hydrogens (tertiary/aromatic N) is 2. The van der Waals surface area contributed by atoms with E-state index in [1.807, 2.05) is 24.0 Å². The highest BCUT2D eigenvalue weighted by Crippen LogP contribution is 2.13. The molecule has 0 radical (unpaired) electrons. The van der Waals surface area contributed by atoms with Crippen LogP contribution in [0, 0.1) is 18.3 Å². The topological polar surface area (TPSA) is 53.3 Å². The summed E-state index contributed by atoms with van der Waals surface area (Å²) in [6.07, 6.45) is 0.897. The van der Waals surface area contributed by atoms with Crippen LogP contribution in [0.2, 0.25) is 0 Å². The van der Waals surface area contributed by atoms with E-state index in [0.717, 1.165) is 12.0 Å². The van der Waals surface area contributed by atoms with Crippen LogP contribution < -0.4 is 4.74 Å². The van der Waals surface area contributed by atoms with Gasteiger partial charge in [-0.3, -0.25) is 4.79 Å². The molecule has 2 rings (SSSR count). The van der Waals surface area contributed by atoms with E-state index in [-0.39, 0.29) is 12.5 Å². The summed E-state index contributed by atoms with van der Waals surface area (Å²) in [5, 5.41) is 8.78. The molecule has 0 saturated carbocycles. The zero-order chi connectivity index (χ0) is 17.4. The van der Waals surface area contributed by atoms with Crippen molar-refractivity contribution in [3.63, 3.8) is 0 Å². The van der Waals surface area contributed by atoms with Gasteiger partial charge in [0.2, 0.25) is 0 Å². The van der Waals surface area contributed by atoms with Crippen molar-refractivity contribution in [3.8, 4) is 11.8 Å². The maximum Gasteiger partial charge on any atom is 0.260 e. The summed E-state index contributed by atoms with van der Waals surface area (Å²) in [5.74, 6) is 0.552. The minimum Gasteiger partial charge on any atom is -0.484 e. The monoisotopic (exact) mass is 322 g/mol. The van der Waals surface area contributed by atoms with Gasteiger partial charge >= 0.3 is 0 Å². The molecule has 0 aliphatic carbocycles. The minimum absolute atomic E-state index is 0.00222. The van der Waals surface area contributed by atoms with Crippen molar-refractivity contribution in [2.24, 2.45) is 0 Å². The average molecular weight is 322 g/mol. The lowest BCUT2D eigenvalue weighted by Crippen LogP contribution is -2.35. The summed E-state index contributed by atoms with van der Waals surface area (Å²) in [7, 11) is 0. The second-order valence-corrected chi connectivity index (χ2v) is 5.73. The quantitative estimate of drug-likeness (QED) is 0.781. The van der Waals surface area contributed by atoms with Crippen LogP contribution >= 0.6 is 0 Å². The summed E-state index contributed by atoms with van der Waals surface area (Å²) >= 11 is 0. The van der Waals surface area contributed by atoms with Gasteiger partial charge in [0.05, 0.1) is 11.6 Å². The third kappa shape index (κ3) is 5.13. The molecule has 0 fully saturated rings. The molecule has 0 spiro atoms. The van der Waals surface area contributed by atoms with Gasteiger partial charge in [-0.15, -0.1) is 0 Å². The Labute approximate surface area is 143 Å². The number of hydrogen-bond donors (Lipinski definition) is 0. The third-order valence-electron chi connectivity index (χ3n) is 3.69. The van der Waals surface area contributed by atoms with Crippen molar-refractivity contribution in [1.29, 1.82) is 5.26 Å². The first-order valence-electron chi connectivity index (χ1n) is 8.08. The molecule has 24 heavy (non-hydrogen) atoms. The zero-order valence-electron chi connectivity index (χ0n) is 14.2. The molecule has 0 N–H and O–H groups in total. The standard InChI is InChI=1S/C20H22N2O2/c1-3-12-22(14-18-6-4-16(2)5-7-18)20(23)15-24-19-10-8-17(13-21)9-11-19/h4-11H,3,12,14-15H2,1-2H3. The molecule has 124 valence electrons. The van der Waals surface area contributed by atoms with Gasteiger partial charge in [0.1, 0.15) is 5.75 Å². The largest absolute Gasteiger partial charge is 0.484 e. The van der Waals surface area contributed by atoms with Crippen LogP contribution in [0.1, 0.15) is 30.0 Å². The molecular weight excluding hydrogens is 300 g/mol. The Morgan fingerprint density at radius 1 is 1.12 bits per heavy atom. The molecular formula is C20H22N2O2.